The highest BCUT2D eigenvalue weighted by atomic mass is 32.2. The summed E-state index contributed by atoms with van der Waals surface area (Å²) in [4.78, 5) is 31.7. The van der Waals surface area contributed by atoms with Gasteiger partial charge in [-0.1, -0.05) is 26.0 Å². The van der Waals surface area contributed by atoms with E-state index in [-0.39, 0.29) is 23.3 Å². The minimum Gasteiger partial charge on any atom is -0.307 e. The average molecular weight is 811 g/mol. The van der Waals surface area contributed by atoms with Crippen LogP contribution in [0.4, 0.5) is 16.2 Å². The van der Waals surface area contributed by atoms with Gasteiger partial charge in [0.05, 0.1) is 17.2 Å². The van der Waals surface area contributed by atoms with Gasteiger partial charge in [-0.2, -0.15) is 4.99 Å². The molecule has 2 aromatic rings. The maximum absolute atomic E-state index is 12.6. The van der Waals surface area contributed by atoms with Crippen molar-refractivity contribution in [3.63, 3.8) is 0 Å². The van der Waals surface area contributed by atoms with E-state index in [9.17, 15) is 26.4 Å². The third kappa shape index (κ3) is 11.1. The van der Waals surface area contributed by atoms with Crippen LogP contribution >= 0.6 is 0 Å². The number of benzene rings is 2. The number of isocyanates is 1. The molecule has 0 saturated carbocycles. The largest absolute Gasteiger partial charge is 0.332 e. The molecule has 6 aliphatic rings. The summed E-state index contributed by atoms with van der Waals surface area (Å²) in [7, 11) is -6.90. The summed E-state index contributed by atoms with van der Waals surface area (Å²) in [6.07, 6.45) is 18.5. The predicted octanol–water partition coefficient (Wildman–Crippen LogP) is 5.49. The number of sulfonamides is 2. The number of nitrogens with two attached hydrogens (primary N) is 1. The fourth-order valence-corrected chi connectivity index (χ4v) is 12.2. The highest BCUT2D eigenvalue weighted by Gasteiger charge is 2.29. The second-order valence-corrected chi connectivity index (χ2v) is 20.0. The predicted molar refractivity (Wildman–Crippen MR) is 222 cm³/mol. The molecule has 2 heterocycles. The lowest BCUT2D eigenvalue weighted by Crippen LogP contribution is -2.41. The number of nitrogens with zero attached hydrogens (tertiary/aromatic N) is 3. The van der Waals surface area contributed by atoms with Crippen LogP contribution in [0.15, 0.2) is 17.1 Å². The normalized spacial score (nSPS) is 19.7. The van der Waals surface area contributed by atoms with Crippen molar-refractivity contribution in [2.45, 2.75) is 117 Å². The molecule has 2 aliphatic heterocycles. The molecule has 4 aliphatic carbocycles. The van der Waals surface area contributed by atoms with E-state index < -0.39 is 26.1 Å². The van der Waals surface area contributed by atoms with Crippen LogP contribution in [-0.2, 0) is 76.2 Å². The maximum atomic E-state index is 12.6. The molecule has 12 nitrogen and oxygen atoms in total. The number of primary sulfonamides is 1. The number of carbonyl (C=O) groups excluding carboxylic acids is 2. The first kappa shape index (κ1) is 42.5. The van der Waals surface area contributed by atoms with Crippen LogP contribution in [0, 0.1) is 11.8 Å². The van der Waals surface area contributed by atoms with E-state index in [0.29, 0.717) is 0 Å². The van der Waals surface area contributed by atoms with Crippen LogP contribution in [0.1, 0.15) is 110 Å². The van der Waals surface area contributed by atoms with E-state index in [0.717, 1.165) is 141 Å². The molecule has 56 heavy (non-hydrogen) atoms. The first-order chi connectivity index (χ1) is 26.9. The summed E-state index contributed by atoms with van der Waals surface area (Å²) in [5.41, 5.74) is 12.4. The molecular formula is C42H62N6O6S2. The molecule has 4 N–H and O–H groups in total. The fourth-order valence-electron chi connectivity index (χ4n) is 9.83. The number of hydrogen-bond donors (Lipinski definition) is 3. The molecule has 0 aromatic heterocycles. The number of piperidine rings is 2. The Balaban J connectivity index is 0.000000159. The SMILES string of the molecule is CCN1CCC(CS(=O)(=O)NC(=O)Nc2c3c(cc4c2CCC4)CCC3)CC1.CCN1CCC(CS(N)(=O)=O)CC1.O=C=Nc1c2c(cc3c1CCC3)CCC2. The van der Waals surface area contributed by atoms with Gasteiger partial charge in [0.25, 0.3) is 0 Å². The van der Waals surface area contributed by atoms with Crippen molar-refractivity contribution in [1.82, 2.24) is 14.5 Å². The lowest BCUT2D eigenvalue weighted by Gasteiger charge is -2.30. The summed E-state index contributed by atoms with van der Waals surface area (Å²) in [6, 6.07) is 4.03. The van der Waals surface area contributed by atoms with Crippen molar-refractivity contribution >= 4 is 43.5 Å². The number of aliphatic imine (C=N–C) groups is 1. The van der Waals surface area contributed by atoms with E-state index in [1.54, 1.807) is 6.08 Å². The maximum Gasteiger partial charge on any atom is 0.332 e. The number of fused-ring (bicyclic) bond motifs is 4. The zero-order chi connectivity index (χ0) is 39.9. The minimum atomic E-state index is -3.63. The average Bonchev–Trinajstić information content (AvgIpc) is 3.99. The Labute approximate surface area is 334 Å². The van der Waals surface area contributed by atoms with Gasteiger partial charge in [-0.15, -0.1) is 0 Å². The monoisotopic (exact) mass is 810 g/mol. The van der Waals surface area contributed by atoms with Crippen molar-refractivity contribution in [1.29, 1.82) is 0 Å². The summed E-state index contributed by atoms with van der Waals surface area (Å²) in [5.74, 6) is 0.587. The standard InChI is InChI=1S/C21H31N3O3S.C13H13NO.C8H18N2O2S/c1-2-24-11-9-15(10-12-24)14-28(26,27)23-21(25)22-20-18-7-3-5-16(18)13-17-6-4-8-19(17)20;15-8-14-13-11-5-1-3-9(11)7-10-4-2-6-12(10)13;1-2-10-5-3-8(4-6-10)7-13(9,11)12/h13,15H,2-12,14H2,1H3,(H2,22,23,25);7H,1-6H2;8H,2-7H2,1H3,(H2,9,11,12). The second-order valence-electron chi connectivity index (χ2n) is 16.6. The summed E-state index contributed by atoms with van der Waals surface area (Å²) in [5, 5.41) is 7.91. The Morgan fingerprint density at radius 3 is 1.52 bits per heavy atom. The lowest BCUT2D eigenvalue weighted by molar-refractivity contribution is 0.202. The molecular weight excluding hydrogens is 749 g/mol. The van der Waals surface area contributed by atoms with E-state index in [2.05, 4.69) is 50.8 Å². The Morgan fingerprint density at radius 1 is 0.696 bits per heavy atom. The summed E-state index contributed by atoms with van der Waals surface area (Å²) < 4.78 is 49.0. The number of amides is 2. The molecule has 0 atom stereocenters. The third-order valence-corrected chi connectivity index (χ3v) is 15.1. The Bertz CT molecular complexity index is 1930. The van der Waals surface area contributed by atoms with Crippen molar-refractivity contribution in [2.24, 2.45) is 22.0 Å². The number of carbonyl (C=O) groups is 1. The Kier molecular flexibility index (Phi) is 14.5. The van der Waals surface area contributed by atoms with Gasteiger partial charge in [0, 0.05) is 5.69 Å². The zero-order valence-electron chi connectivity index (χ0n) is 33.5. The molecule has 2 fully saturated rings. The van der Waals surface area contributed by atoms with Crippen molar-refractivity contribution < 1.29 is 26.4 Å². The van der Waals surface area contributed by atoms with Gasteiger partial charge in [-0.3, -0.25) is 0 Å². The number of anilines is 1. The third-order valence-electron chi connectivity index (χ3n) is 12.8. The van der Waals surface area contributed by atoms with Crippen LogP contribution in [0.5, 0.6) is 0 Å². The zero-order valence-corrected chi connectivity index (χ0v) is 35.1. The number of aryl methyl sites for hydroxylation is 4. The molecule has 0 spiro atoms. The van der Waals surface area contributed by atoms with Gasteiger partial charge < -0.3 is 15.1 Å². The number of urea groups is 1. The van der Waals surface area contributed by atoms with Gasteiger partial charge in [-0.05, 0) is 198 Å². The van der Waals surface area contributed by atoms with Crippen LogP contribution in [-0.4, -0.2) is 89.5 Å². The topological polar surface area (TPSA) is 171 Å². The highest BCUT2D eigenvalue weighted by Crippen LogP contribution is 2.40. The van der Waals surface area contributed by atoms with Crippen LogP contribution in [0.2, 0.25) is 0 Å². The second kappa shape index (κ2) is 19.1. The van der Waals surface area contributed by atoms with Gasteiger partial charge >= 0.3 is 6.03 Å². The molecule has 2 aromatic carbocycles. The van der Waals surface area contributed by atoms with E-state index in [1.165, 1.54) is 57.3 Å². The van der Waals surface area contributed by atoms with Crippen molar-refractivity contribution in [2.75, 3.05) is 56.1 Å². The molecule has 2 amide bonds. The molecule has 0 radical (unpaired) electrons. The number of rotatable bonds is 9. The first-order valence-corrected chi connectivity index (χ1v) is 24.4. The summed E-state index contributed by atoms with van der Waals surface area (Å²) >= 11 is 0. The van der Waals surface area contributed by atoms with Gasteiger partial charge in [0.1, 0.15) is 0 Å². The van der Waals surface area contributed by atoms with Gasteiger partial charge in [0.15, 0.2) is 0 Å². The van der Waals surface area contributed by atoms with E-state index in [4.69, 9.17) is 5.14 Å². The number of hydrogen-bond acceptors (Lipinski definition) is 9. The number of nitrogens with one attached hydrogen (secondary N) is 2. The molecule has 0 unspecified atom stereocenters. The minimum absolute atomic E-state index is 0.0307. The van der Waals surface area contributed by atoms with E-state index in [1.807, 2.05) is 0 Å². The van der Waals surface area contributed by atoms with Gasteiger partial charge in [0.2, 0.25) is 26.1 Å². The van der Waals surface area contributed by atoms with E-state index >= 15 is 0 Å². The van der Waals surface area contributed by atoms with Gasteiger partial charge in [-0.25, -0.2) is 36.3 Å². The lowest BCUT2D eigenvalue weighted by atomic mass is 9.99. The number of likely N-dealkylation sites (tertiary alicyclic amines) is 2. The molecule has 8 rings (SSSR count). The highest BCUT2D eigenvalue weighted by molar-refractivity contribution is 7.90. The van der Waals surface area contributed by atoms with Crippen molar-refractivity contribution in [3.8, 4) is 0 Å². The molecule has 2 saturated heterocycles. The smallest absolute Gasteiger partial charge is 0.307 e. The van der Waals surface area contributed by atoms with Crippen LogP contribution in [0.25, 0.3) is 0 Å². The first-order valence-electron chi connectivity index (χ1n) is 21.0. The molecule has 0 bridgehead atoms. The Morgan fingerprint density at radius 2 is 1.11 bits per heavy atom. The quantitative estimate of drug-likeness (QED) is 0.221. The van der Waals surface area contributed by atoms with Crippen molar-refractivity contribution in [3.05, 3.63) is 56.6 Å². The summed E-state index contributed by atoms with van der Waals surface area (Å²) in [6.45, 7) is 10.2. The molecule has 14 heteroatoms. The Hall–Kier alpha value is -3.13. The molecule has 308 valence electrons. The van der Waals surface area contributed by atoms with Crippen LogP contribution < -0.4 is 15.2 Å². The van der Waals surface area contributed by atoms with Crippen LogP contribution in [0.3, 0.4) is 0 Å². The fraction of sp³-hybridized carbons (Fsp3) is 0.667.